The first-order valence-electron chi connectivity index (χ1n) is 6.97. The largest absolute Gasteiger partial charge is 0.394 e. The first kappa shape index (κ1) is 13.8. The maximum Gasteiger partial charge on any atom is 0.236 e. The first-order valence-corrected chi connectivity index (χ1v) is 6.97. The summed E-state index contributed by atoms with van der Waals surface area (Å²) < 4.78 is 5.23. The van der Waals surface area contributed by atoms with Crippen LogP contribution in [-0.4, -0.2) is 60.9 Å². The highest BCUT2D eigenvalue weighted by Crippen LogP contribution is 2.27. The highest BCUT2D eigenvalue weighted by molar-refractivity contribution is 5.78. The number of morpholine rings is 1. The van der Waals surface area contributed by atoms with Crippen LogP contribution < -0.4 is 5.32 Å². The summed E-state index contributed by atoms with van der Waals surface area (Å²) in [6, 6.07) is 0. The van der Waals surface area contributed by atoms with Crippen molar-refractivity contribution < 1.29 is 14.6 Å². The minimum Gasteiger partial charge on any atom is -0.394 e. The molecule has 1 aliphatic carbocycles. The van der Waals surface area contributed by atoms with Crippen molar-refractivity contribution in [2.75, 3.05) is 39.5 Å². The van der Waals surface area contributed by atoms with Crippen LogP contribution in [-0.2, 0) is 9.53 Å². The number of carbonyl (C=O) groups excluding carboxylic acids is 1. The number of nitrogens with one attached hydrogen (secondary N) is 1. The number of hydrogen-bond acceptors (Lipinski definition) is 4. The molecule has 0 atom stereocenters. The second-order valence-corrected chi connectivity index (χ2v) is 5.35. The number of aliphatic hydroxyl groups excluding tert-OH is 1. The maximum absolute atomic E-state index is 12.0. The van der Waals surface area contributed by atoms with Gasteiger partial charge in [-0.3, -0.25) is 4.79 Å². The summed E-state index contributed by atoms with van der Waals surface area (Å²) in [6.45, 7) is 3.11. The lowest BCUT2D eigenvalue weighted by atomic mass is 9.82. The second kappa shape index (κ2) is 6.50. The summed E-state index contributed by atoms with van der Waals surface area (Å²) in [5.74, 6) is 0.122. The summed E-state index contributed by atoms with van der Waals surface area (Å²) >= 11 is 0. The van der Waals surface area contributed by atoms with Crippen LogP contribution >= 0.6 is 0 Å². The molecule has 2 aliphatic rings. The van der Waals surface area contributed by atoms with E-state index in [0.717, 1.165) is 25.7 Å². The molecule has 1 aliphatic heterocycles. The third-order valence-electron chi connectivity index (χ3n) is 4.09. The molecule has 104 valence electrons. The highest BCUT2D eigenvalue weighted by Gasteiger charge is 2.31. The van der Waals surface area contributed by atoms with Crippen molar-refractivity contribution in [2.24, 2.45) is 0 Å². The van der Waals surface area contributed by atoms with Gasteiger partial charge in [0, 0.05) is 18.6 Å². The normalized spacial score (nSPS) is 23.9. The van der Waals surface area contributed by atoms with E-state index in [0.29, 0.717) is 32.8 Å². The predicted molar refractivity (Wildman–Crippen MR) is 68.3 cm³/mol. The van der Waals surface area contributed by atoms with Crippen molar-refractivity contribution in [1.82, 2.24) is 10.2 Å². The fraction of sp³-hybridized carbons (Fsp3) is 0.923. The Bertz CT molecular complexity index is 271. The number of ether oxygens (including phenoxy) is 1. The molecule has 18 heavy (non-hydrogen) atoms. The molecule has 1 saturated heterocycles. The Kier molecular flexibility index (Phi) is 4.97. The van der Waals surface area contributed by atoms with E-state index >= 15 is 0 Å². The van der Waals surface area contributed by atoms with Gasteiger partial charge in [-0.1, -0.05) is 19.3 Å². The molecule has 1 amide bonds. The Morgan fingerprint density at radius 2 is 1.89 bits per heavy atom. The molecular weight excluding hydrogens is 232 g/mol. The third kappa shape index (κ3) is 3.43. The highest BCUT2D eigenvalue weighted by atomic mass is 16.5. The van der Waals surface area contributed by atoms with Crippen LogP contribution in [0.25, 0.3) is 0 Å². The standard InChI is InChI=1S/C13H24N2O3/c16-11-13(4-2-1-3-5-13)14-10-12(17)15-6-8-18-9-7-15/h14,16H,1-11H2. The Morgan fingerprint density at radius 3 is 2.50 bits per heavy atom. The van der Waals surface area contributed by atoms with Gasteiger partial charge in [0.1, 0.15) is 0 Å². The first-order chi connectivity index (χ1) is 8.76. The minimum absolute atomic E-state index is 0.122. The molecule has 0 aromatic rings. The lowest BCUT2D eigenvalue weighted by Crippen LogP contribution is -2.54. The third-order valence-corrected chi connectivity index (χ3v) is 4.09. The molecular formula is C13H24N2O3. The van der Waals surface area contributed by atoms with Crippen LogP contribution in [0.2, 0.25) is 0 Å². The van der Waals surface area contributed by atoms with Gasteiger partial charge in [-0.15, -0.1) is 0 Å². The topological polar surface area (TPSA) is 61.8 Å². The molecule has 1 saturated carbocycles. The van der Waals surface area contributed by atoms with Crippen LogP contribution in [0.4, 0.5) is 0 Å². The Balaban J connectivity index is 1.79. The van der Waals surface area contributed by atoms with Crippen molar-refractivity contribution in [2.45, 2.75) is 37.6 Å². The molecule has 0 radical (unpaired) electrons. The lowest BCUT2D eigenvalue weighted by Gasteiger charge is -2.37. The van der Waals surface area contributed by atoms with E-state index in [1.54, 1.807) is 0 Å². The van der Waals surface area contributed by atoms with Gasteiger partial charge in [-0.2, -0.15) is 0 Å². The van der Waals surface area contributed by atoms with Crippen LogP contribution in [0.5, 0.6) is 0 Å². The molecule has 5 nitrogen and oxygen atoms in total. The van der Waals surface area contributed by atoms with Gasteiger partial charge in [0.05, 0.1) is 26.4 Å². The van der Waals surface area contributed by atoms with Crippen LogP contribution in [0, 0.1) is 0 Å². The average Bonchev–Trinajstić information content (AvgIpc) is 2.47. The van der Waals surface area contributed by atoms with E-state index < -0.39 is 0 Å². The minimum atomic E-state index is -0.222. The maximum atomic E-state index is 12.0. The summed E-state index contributed by atoms with van der Waals surface area (Å²) in [5.41, 5.74) is -0.222. The average molecular weight is 256 g/mol. The number of hydrogen-bond donors (Lipinski definition) is 2. The smallest absolute Gasteiger partial charge is 0.236 e. The lowest BCUT2D eigenvalue weighted by molar-refractivity contribution is -0.134. The summed E-state index contributed by atoms with van der Waals surface area (Å²) in [6.07, 6.45) is 5.46. The van der Waals surface area contributed by atoms with Crippen molar-refractivity contribution in [3.8, 4) is 0 Å². The van der Waals surface area contributed by atoms with E-state index in [-0.39, 0.29) is 18.1 Å². The molecule has 2 rings (SSSR count). The Hall–Kier alpha value is -0.650. The molecule has 0 spiro atoms. The summed E-state index contributed by atoms with van der Waals surface area (Å²) in [7, 11) is 0. The van der Waals surface area contributed by atoms with E-state index in [1.807, 2.05) is 4.90 Å². The van der Waals surface area contributed by atoms with Crippen molar-refractivity contribution in [1.29, 1.82) is 0 Å². The quantitative estimate of drug-likeness (QED) is 0.750. The Morgan fingerprint density at radius 1 is 1.22 bits per heavy atom. The fourth-order valence-electron chi connectivity index (χ4n) is 2.81. The zero-order chi connectivity index (χ0) is 12.8. The number of nitrogens with zero attached hydrogens (tertiary/aromatic N) is 1. The molecule has 0 aromatic carbocycles. The van der Waals surface area contributed by atoms with E-state index in [1.165, 1.54) is 6.42 Å². The van der Waals surface area contributed by atoms with Gasteiger partial charge in [-0.05, 0) is 12.8 Å². The Labute approximate surface area is 108 Å². The van der Waals surface area contributed by atoms with Gasteiger partial charge in [-0.25, -0.2) is 0 Å². The van der Waals surface area contributed by atoms with Gasteiger partial charge in [0.25, 0.3) is 0 Å². The van der Waals surface area contributed by atoms with Gasteiger partial charge in [0.15, 0.2) is 0 Å². The fourth-order valence-corrected chi connectivity index (χ4v) is 2.81. The van der Waals surface area contributed by atoms with Gasteiger partial charge in [0.2, 0.25) is 5.91 Å². The zero-order valence-corrected chi connectivity index (χ0v) is 11.0. The monoisotopic (exact) mass is 256 g/mol. The number of aliphatic hydroxyl groups is 1. The van der Waals surface area contributed by atoms with E-state index in [4.69, 9.17) is 4.74 Å². The molecule has 2 fully saturated rings. The van der Waals surface area contributed by atoms with Crippen LogP contribution in [0.3, 0.4) is 0 Å². The van der Waals surface area contributed by atoms with Crippen LogP contribution in [0.1, 0.15) is 32.1 Å². The van der Waals surface area contributed by atoms with E-state index in [2.05, 4.69) is 5.32 Å². The predicted octanol–water partition coefficient (Wildman–Crippen LogP) is 0.130. The van der Waals surface area contributed by atoms with Gasteiger partial charge < -0.3 is 20.1 Å². The van der Waals surface area contributed by atoms with Crippen molar-refractivity contribution >= 4 is 5.91 Å². The number of rotatable bonds is 4. The molecule has 0 aromatic heterocycles. The van der Waals surface area contributed by atoms with Crippen molar-refractivity contribution in [3.63, 3.8) is 0 Å². The molecule has 5 heteroatoms. The molecule has 1 heterocycles. The molecule has 0 bridgehead atoms. The SMILES string of the molecule is O=C(CNC1(CO)CCCCC1)N1CCOCC1. The zero-order valence-electron chi connectivity index (χ0n) is 11.0. The number of amides is 1. The summed E-state index contributed by atoms with van der Waals surface area (Å²) in [4.78, 5) is 13.9. The number of carbonyl (C=O) groups is 1. The summed E-state index contributed by atoms with van der Waals surface area (Å²) in [5, 5.41) is 12.9. The van der Waals surface area contributed by atoms with Gasteiger partial charge >= 0.3 is 0 Å². The van der Waals surface area contributed by atoms with E-state index in [9.17, 15) is 9.90 Å². The van der Waals surface area contributed by atoms with Crippen molar-refractivity contribution in [3.05, 3.63) is 0 Å². The van der Waals surface area contributed by atoms with Crippen LogP contribution in [0.15, 0.2) is 0 Å². The molecule has 0 unspecified atom stereocenters. The molecule has 2 N–H and O–H groups in total. The second-order valence-electron chi connectivity index (χ2n) is 5.35.